The summed E-state index contributed by atoms with van der Waals surface area (Å²) in [5.41, 5.74) is 1.23. The van der Waals surface area contributed by atoms with Crippen LogP contribution in [0.1, 0.15) is 28.3 Å². The molecule has 1 amide bonds. The summed E-state index contributed by atoms with van der Waals surface area (Å²) in [6.07, 6.45) is 4.35. The molecule has 170 valence electrons. The van der Waals surface area contributed by atoms with E-state index >= 15 is 0 Å². The Bertz CT molecular complexity index is 1360. The fourth-order valence-electron chi connectivity index (χ4n) is 4.53. The van der Waals surface area contributed by atoms with Crippen LogP contribution in [0.25, 0.3) is 10.2 Å². The molecule has 0 radical (unpaired) electrons. The highest BCUT2D eigenvalue weighted by Gasteiger charge is 2.34. The molecule has 4 heterocycles. The van der Waals surface area contributed by atoms with E-state index in [4.69, 9.17) is 4.52 Å². The lowest BCUT2D eigenvalue weighted by molar-refractivity contribution is -0.133. The monoisotopic (exact) mass is 477 g/mol. The van der Waals surface area contributed by atoms with Gasteiger partial charge in [0.2, 0.25) is 15.9 Å². The summed E-state index contributed by atoms with van der Waals surface area (Å²) >= 11 is 1.57. The zero-order chi connectivity index (χ0) is 22.6. The molecule has 0 saturated carbocycles. The molecule has 1 aliphatic carbocycles. The SMILES string of the molecule is Cc1noc(C)c1S(=O)(=O)N1CCN(C(=O)Cn2cnc3sc4c(c3c2=O)CCC4)CC1. The number of fused-ring (bicyclic) bond motifs is 3. The van der Waals surface area contributed by atoms with Crippen molar-refractivity contribution in [3.63, 3.8) is 0 Å². The fraction of sp³-hybridized carbons (Fsp3) is 0.500. The molecule has 2 aliphatic rings. The minimum atomic E-state index is -3.74. The molecule has 0 bridgehead atoms. The maximum Gasteiger partial charge on any atom is 0.262 e. The van der Waals surface area contributed by atoms with E-state index < -0.39 is 10.0 Å². The maximum atomic E-state index is 13.0. The van der Waals surface area contributed by atoms with Crippen molar-refractivity contribution in [1.82, 2.24) is 23.9 Å². The number of carbonyl (C=O) groups excluding carboxylic acids is 1. The molecule has 0 atom stereocenters. The zero-order valence-electron chi connectivity index (χ0n) is 17.8. The zero-order valence-corrected chi connectivity index (χ0v) is 19.5. The van der Waals surface area contributed by atoms with Crippen LogP contribution in [0.15, 0.2) is 20.5 Å². The number of rotatable bonds is 4. The van der Waals surface area contributed by atoms with Crippen molar-refractivity contribution in [3.05, 3.63) is 38.6 Å². The molecule has 32 heavy (non-hydrogen) atoms. The summed E-state index contributed by atoms with van der Waals surface area (Å²) in [7, 11) is -3.74. The van der Waals surface area contributed by atoms with Crippen LogP contribution in [0.2, 0.25) is 0 Å². The Balaban J connectivity index is 1.29. The number of sulfonamides is 1. The number of thiophene rings is 1. The van der Waals surface area contributed by atoms with Gasteiger partial charge in [-0.2, -0.15) is 4.31 Å². The van der Waals surface area contributed by atoms with Gasteiger partial charge in [0.1, 0.15) is 22.0 Å². The number of hydrogen-bond donors (Lipinski definition) is 0. The molecule has 3 aromatic rings. The maximum absolute atomic E-state index is 13.0. The lowest BCUT2D eigenvalue weighted by Crippen LogP contribution is -2.51. The molecule has 0 unspecified atom stereocenters. The van der Waals surface area contributed by atoms with E-state index in [9.17, 15) is 18.0 Å². The first-order chi connectivity index (χ1) is 15.3. The first-order valence-electron chi connectivity index (χ1n) is 10.5. The van der Waals surface area contributed by atoms with Crippen molar-refractivity contribution in [2.45, 2.75) is 44.6 Å². The number of amides is 1. The average Bonchev–Trinajstić information content (AvgIpc) is 3.44. The van der Waals surface area contributed by atoms with E-state index in [1.165, 1.54) is 20.1 Å². The minimum absolute atomic E-state index is 0.0894. The second-order valence-electron chi connectivity index (χ2n) is 8.15. The Morgan fingerprint density at radius 1 is 1.19 bits per heavy atom. The Morgan fingerprint density at radius 3 is 2.62 bits per heavy atom. The van der Waals surface area contributed by atoms with Crippen molar-refractivity contribution < 1.29 is 17.7 Å². The quantitative estimate of drug-likeness (QED) is 0.552. The summed E-state index contributed by atoms with van der Waals surface area (Å²) in [5, 5.41) is 4.38. The number of carbonyl (C=O) groups is 1. The van der Waals surface area contributed by atoms with E-state index in [1.807, 2.05) is 0 Å². The number of hydrogen-bond acceptors (Lipinski definition) is 8. The molecule has 0 spiro atoms. The summed E-state index contributed by atoms with van der Waals surface area (Å²) in [5.74, 6) is 0.0256. The smallest absolute Gasteiger partial charge is 0.262 e. The highest BCUT2D eigenvalue weighted by atomic mass is 32.2. The molecular weight excluding hydrogens is 454 g/mol. The number of aryl methyl sites for hydroxylation is 4. The summed E-state index contributed by atoms with van der Waals surface area (Å²) in [6, 6.07) is 0. The highest BCUT2D eigenvalue weighted by molar-refractivity contribution is 7.89. The number of aromatic nitrogens is 3. The van der Waals surface area contributed by atoms with Gasteiger partial charge in [-0.1, -0.05) is 5.16 Å². The van der Waals surface area contributed by atoms with Crippen LogP contribution in [0.4, 0.5) is 0 Å². The third-order valence-electron chi connectivity index (χ3n) is 6.15. The van der Waals surface area contributed by atoms with Crippen LogP contribution in [0.5, 0.6) is 0 Å². The minimum Gasteiger partial charge on any atom is -0.360 e. The standard InChI is InChI=1S/C20H23N5O5S2/c1-12-18(13(2)30-22-12)32(28,29)25-8-6-23(7-9-25)16(26)10-24-11-21-19-17(20(24)27)14-4-3-5-15(14)31-19/h11H,3-10H2,1-2H3. The van der Waals surface area contributed by atoms with Gasteiger partial charge in [-0.15, -0.1) is 11.3 Å². The summed E-state index contributed by atoms with van der Waals surface area (Å²) < 4.78 is 33.6. The molecular formula is C20H23N5O5S2. The van der Waals surface area contributed by atoms with Crippen LogP contribution < -0.4 is 5.56 Å². The van der Waals surface area contributed by atoms with Crippen molar-refractivity contribution in [1.29, 1.82) is 0 Å². The van der Waals surface area contributed by atoms with Gasteiger partial charge in [-0.05, 0) is 38.7 Å². The molecule has 1 fully saturated rings. The Labute approximate surface area is 188 Å². The van der Waals surface area contributed by atoms with Crippen LogP contribution in [-0.2, 0) is 34.2 Å². The molecule has 0 N–H and O–H groups in total. The van der Waals surface area contributed by atoms with E-state index in [-0.39, 0.29) is 54.8 Å². The van der Waals surface area contributed by atoms with Gasteiger partial charge >= 0.3 is 0 Å². The molecule has 1 saturated heterocycles. The topological polar surface area (TPSA) is 119 Å². The van der Waals surface area contributed by atoms with Crippen LogP contribution in [0, 0.1) is 13.8 Å². The first kappa shape index (κ1) is 21.3. The van der Waals surface area contributed by atoms with Crippen LogP contribution in [0.3, 0.4) is 0 Å². The van der Waals surface area contributed by atoms with Crippen LogP contribution in [-0.4, -0.2) is 64.4 Å². The van der Waals surface area contributed by atoms with Gasteiger partial charge in [0, 0.05) is 31.1 Å². The molecule has 1 aliphatic heterocycles. The van der Waals surface area contributed by atoms with Gasteiger partial charge < -0.3 is 9.42 Å². The third-order valence-corrected chi connectivity index (χ3v) is 9.50. The van der Waals surface area contributed by atoms with Crippen LogP contribution >= 0.6 is 11.3 Å². The van der Waals surface area contributed by atoms with E-state index in [0.717, 1.165) is 29.7 Å². The number of piperazine rings is 1. The molecule has 0 aromatic carbocycles. The third kappa shape index (κ3) is 3.37. The Hall–Kier alpha value is -2.57. The van der Waals surface area contributed by atoms with Crippen molar-refractivity contribution >= 4 is 37.5 Å². The average molecular weight is 478 g/mol. The normalized spacial score (nSPS) is 17.2. The Kier molecular flexibility index (Phi) is 5.18. The van der Waals surface area contributed by atoms with Gasteiger partial charge in [0.15, 0.2) is 5.76 Å². The van der Waals surface area contributed by atoms with Gasteiger partial charge in [0.25, 0.3) is 5.56 Å². The van der Waals surface area contributed by atoms with Gasteiger partial charge in [-0.3, -0.25) is 14.2 Å². The first-order valence-corrected chi connectivity index (χ1v) is 12.7. The van der Waals surface area contributed by atoms with E-state index in [1.54, 1.807) is 30.1 Å². The second kappa shape index (κ2) is 7.78. The largest absolute Gasteiger partial charge is 0.360 e. The van der Waals surface area contributed by atoms with Crippen molar-refractivity contribution in [3.8, 4) is 0 Å². The Morgan fingerprint density at radius 2 is 1.94 bits per heavy atom. The van der Waals surface area contributed by atoms with Gasteiger partial charge in [0.05, 0.1) is 11.7 Å². The molecule has 12 heteroatoms. The van der Waals surface area contributed by atoms with Crippen molar-refractivity contribution in [2.24, 2.45) is 0 Å². The lowest BCUT2D eigenvalue weighted by atomic mass is 10.2. The summed E-state index contributed by atoms with van der Waals surface area (Å²) in [6.45, 7) is 3.89. The van der Waals surface area contributed by atoms with E-state index in [0.29, 0.717) is 11.1 Å². The predicted octanol–water partition coefficient (Wildman–Crippen LogP) is 1.08. The summed E-state index contributed by atoms with van der Waals surface area (Å²) in [4.78, 5) is 33.9. The van der Waals surface area contributed by atoms with Gasteiger partial charge in [-0.25, -0.2) is 13.4 Å². The lowest BCUT2D eigenvalue weighted by Gasteiger charge is -2.34. The molecule has 3 aromatic heterocycles. The second-order valence-corrected chi connectivity index (χ2v) is 11.1. The van der Waals surface area contributed by atoms with E-state index in [2.05, 4.69) is 10.1 Å². The number of nitrogens with zero attached hydrogens (tertiary/aromatic N) is 5. The molecule has 5 rings (SSSR count). The highest BCUT2D eigenvalue weighted by Crippen LogP contribution is 2.34. The molecule has 10 nitrogen and oxygen atoms in total. The predicted molar refractivity (Wildman–Crippen MR) is 117 cm³/mol. The fourth-order valence-corrected chi connectivity index (χ4v) is 7.46. The van der Waals surface area contributed by atoms with Crippen molar-refractivity contribution in [2.75, 3.05) is 26.2 Å².